The van der Waals surface area contributed by atoms with Crippen molar-refractivity contribution in [3.8, 4) is 17.1 Å². The quantitative estimate of drug-likeness (QED) is 0.372. The molecule has 1 fully saturated rings. The molecule has 1 aliphatic rings. The Labute approximate surface area is 212 Å². The number of benzene rings is 1. The first-order chi connectivity index (χ1) is 18.0. The summed E-state index contributed by atoms with van der Waals surface area (Å²) in [6.45, 7) is 1.48. The van der Waals surface area contributed by atoms with E-state index in [2.05, 4.69) is 39.4 Å². The van der Waals surface area contributed by atoms with E-state index in [1.54, 1.807) is 36.3 Å². The number of anilines is 3. The van der Waals surface area contributed by atoms with E-state index in [0.717, 1.165) is 17.7 Å². The summed E-state index contributed by atoms with van der Waals surface area (Å²) >= 11 is 1.65. The summed E-state index contributed by atoms with van der Waals surface area (Å²) in [7, 11) is 1.50. The minimum absolute atomic E-state index is 0.0238. The summed E-state index contributed by atoms with van der Waals surface area (Å²) < 4.78 is 27.9. The zero-order valence-electron chi connectivity index (χ0n) is 22.6. The Morgan fingerprint density at radius 3 is 2.57 bits per heavy atom. The standard InChI is InChI=1S/C25H28N6O3S/c1-14(2)35-16-11-28-23(29-12-16)17-6-5-7-19(22(17)34-4)30-20-10-21(31-24(32)15-8-9-15)27-13-18(20)25(33)26-3/h5-7,10-15H,8-9H2,1-4H3,(H,26,33)(H2,27,30,31,32)/i3D3. The van der Waals surface area contributed by atoms with Gasteiger partial charge >= 0.3 is 0 Å². The van der Waals surface area contributed by atoms with E-state index in [-0.39, 0.29) is 28.9 Å². The van der Waals surface area contributed by atoms with E-state index in [0.29, 0.717) is 28.1 Å². The summed E-state index contributed by atoms with van der Waals surface area (Å²) in [5.74, 6) is 0.0431. The number of amides is 2. The molecule has 1 saturated carbocycles. The number of hydrogen-bond donors (Lipinski definition) is 3. The summed E-state index contributed by atoms with van der Waals surface area (Å²) in [6.07, 6.45) is 6.36. The van der Waals surface area contributed by atoms with Crippen molar-refractivity contribution >= 4 is 40.8 Å². The van der Waals surface area contributed by atoms with Gasteiger partial charge in [-0.1, -0.05) is 19.9 Å². The number of nitrogens with zero attached hydrogens (tertiary/aromatic N) is 3. The second-order valence-corrected chi connectivity index (χ2v) is 9.90. The van der Waals surface area contributed by atoms with Crippen LogP contribution in [0.1, 0.15) is 41.2 Å². The highest BCUT2D eigenvalue weighted by Gasteiger charge is 2.30. The van der Waals surface area contributed by atoms with Crippen LogP contribution in [-0.4, -0.2) is 46.1 Å². The number of aromatic nitrogens is 3. The number of para-hydroxylation sites is 1. The zero-order valence-corrected chi connectivity index (χ0v) is 20.4. The molecule has 9 nitrogen and oxygen atoms in total. The van der Waals surface area contributed by atoms with E-state index in [1.165, 1.54) is 19.4 Å². The van der Waals surface area contributed by atoms with Crippen LogP contribution in [0.3, 0.4) is 0 Å². The lowest BCUT2D eigenvalue weighted by Gasteiger charge is -2.17. The SMILES string of the molecule is [2H]C([2H])([2H])NC(=O)c1cnc(NC(=O)C2CC2)cc1Nc1cccc(-c2ncc(SC(C)C)cn2)c1OC. The average Bonchev–Trinajstić information content (AvgIpc) is 3.69. The molecular weight excluding hydrogens is 464 g/mol. The van der Waals surface area contributed by atoms with E-state index in [1.807, 2.05) is 11.4 Å². The maximum atomic E-state index is 12.8. The fourth-order valence-corrected chi connectivity index (χ4v) is 4.19. The highest BCUT2D eigenvalue weighted by molar-refractivity contribution is 7.99. The molecule has 1 aliphatic carbocycles. The number of ether oxygens (including phenoxy) is 1. The molecule has 3 N–H and O–H groups in total. The maximum absolute atomic E-state index is 12.8. The first-order valence-corrected chi connectivity index (χ1v) is 12.0. The van der Waals surface area contributed by atoms with Gasteiger partial charge < -0.3 is 20.7 Å². The Hall–Kier alpha value is -3.66. The first kappa shape index (κ1) is 20.7. The van der Waals surface area contributed by atoms with Gasteiger partial charge in [-0.2, -0.15) is 0 Å². The van der Waals surface area contributed by atoms with Crippen LogP contribution < -0.4 is 20.7 Å². The number of thioether (sulfide) groups is 1. The van der Waals surface area contributed by atoms with Crippen LogP contribution >= 0.6 is 11.8 Å². The topological polar surface area (TPSA) is 118 Å². The van der Waals surface area contributed by atoms with Gasteiger partial charge in [0.25, 0.3) is 5.91 Å². The third kappa shape index (κ3) is 5.89. The Balaban J connectivity index is 1.69. The number of hydrogen-bond acceptors (Lipinski definition) is 8. The normalized spacial score (nSPS) is 14.5. The molecule has 0 saturated heterocycles. The molecule has 0 bridgehead atoms. The summed E-state index contributed by atoms with van der Waals surface area (Å²) in [5, 5.41) is 8.25. The number of carbonyl (C=O) groups is 2. The van der Waals surface area contributed by atoms with Gasteiger partial charge in [-0.3, -0.25) is 9.59 Å². The molecule has 1 aromatic carbocycles. The van der Waals surface area contributed by atoms with Gasteiger partial charge in [-0.15, -0.1) is 11.8 Å². The largest absolute Gasteiger partial charge is 0.494 e. The molecule has 0 aliphatic heterocycles. The molecule has 0 unspecified atom stereocenters. The second kappa shape index (κ2) is 10.7. The first-order valence-electron chi connectivity index (χ1n) is 12.6. The smallest absolute Gasteiger partial charge is 0.254 e. The van der Waals surface area contributed by atoms with Crippen molar-refractivity contribution in [2.75, 3.05) is 24.7 Å². The third-order valence-corrected chi connectivity index (χ3v) is 6.15. The molecular formula is C25H28N6O3S. The Morgan fingerprint density at radius 2 is 1.91 bits per heavy atom. The van der Waals surface area contributed by atoms with Gasteiger partial charge in [0.1, 0.15) is 5.82 Å². The number of nitrogens with one attached hydrogen (secondary N) is 3. The zero-order chi connectivity index (χ0) is 27.4. The minimum atomic E-state index is -2.69. The van der Waals surface area contributed by atoms with Crippen molar-refractivity contribution < 1.29 is 18.4 Å². The number of pyridine rings is 1. The number of carbonyl (C=O) groups excluding carboxylic acids is 2. The lowest BCUT2D eigenvalue weighted by atomic mass is 10.1. The Bertz CT molecular complexity index is 1330. The van der Waals surface area contributed by atoms with Crippen molar-refractivity contribution in [2.45, 2.75) is 36.8 Å². The predicted molar refractivity (Wildman–Crippen MR) is 137 cm³/mol. The van der Waals surface area contributed by atoms with Crippen LogP contribution in [0, 0.1) is 5.92 Å². The van der Waals surface area contributed by atoms with Crippen molar-refractivity contribution in [2.24, 2.45) is 5.92 Å². The highest BCUT2D eigenvalue weighted by Crippen LogP contribution is 2.38. The van der Waals surface area contributed by atoms with Crippen LogP contribution in [0.2, 0.25) is 0 Å². The van der Waals surface area contributed by atoms with E-state index in [4.69, 9.17) is 8.85 Å². The van der Waals surface area contributed by atoms with Crippen molar-refractivity contribution in [1.29, 1.82) is 0 Å². The van der Waals surface area contributed by atoms with Crippen molar-refractivity contribution in [3.63, 3.8) is 0 Å². The summed E-state index contributed by atoms with van der Waals surface area (Å²) in [6, 6.07) is 6.80. The molecule has 0 atom stereocenters. The second-order valence-electron chi connectivity index (χ2n) is 8.25. The summed E-state index contributed by atoms with van der Waals surface area (Å²) in [5.41, 5.74) is 1.29. The average molecular weight is 496 g/mol. The Morgan fingerprint density at radius 1 is 1.14 bits per heavy atom. The van der Waals surface area contributed by atoms with Gasteiger partial charge in [0, 0.05) is 51.8 Å². The number of rotatable bonds is 9. The molecule has 0 radical (unpaired) electrons. The van der Waals surface area contributed by atoms with Gasteiger partial charge in [0.2, 0.25) is 5.91 Å². The summed E-state index contributed by atoms with van der Waals surface area (Å²) in [4.78, 5) is 39.1. The van der Waals surface area contributed by atoms with Crippen molar-refractivity contribution in [3.05, 3.63) is 48.4 Å². The molecule has 2 heterocycles. The number of methoxy groups -OCH3 is 1. The van der Waals surface area contributed by atoms with Gasteiger partial charge in [0.05, 0.1) is 29.6 Å². The van der Waals surface area contributed by atoms with Crippen molar-refractivity contribution in [1.82, 2.24) is 20.3 Å². The lowest BCUT2D eigenvalue weighted by molar-refractivity contribution is -0.117. The van der Waals surface area contributed by atoms with Gasteiger partial charge in [0.15, 0.2) is 11.6 Å². The van der Waals surface area contributed by atoms with Crippen LogP contribution in [0.5, 0.6) is 5.75 Å². The van der Waals surface area contributed by atoms with E-state index < -0.39 is 12.9 Å². The molecule has 35 heavy (non-hydrogen) atoms. The van der Waals surface area contributed by atoms with E-state index >= 15 is 0 Å². The monoisotopic (exact) mass is 495 g/mol. The predicted octanol–water partition coefficient (Wildman–Crippen LogP) is 4.50. The van der Waals surface area contributed by atoms with Crippen LogP contribution in [0.25, 0.3) is 11.4 Å². The van der Waals surface area contributed by atoms with Crippen LogP contribution in [0.15, 0.2) is 47.8 Å². The lowest BCUT2D eigenvalue weighted by Crippen LogP contribution is -2.20. The van der Waals surface area contributed by atoms with Gasteiger partial charge in [-0.25, -0.2) is 15.0 Å². The molecule has 4 rings (SSSR count). The fraction of sp³-hybridized carbons (Fsp3) is 0.320. The molecule has 182 valence electrons. The van der Waals surface area contributed by atoms with E-state index in [9.17, 15) is 9.59 Å². The van der Waals surface area contributed by atoms with Crippen LogP contribution in [-0.2, 0) is 4.79 Å². The molecule has 10 heteroatoms. The minimum Gasteiger partial charge on any atom is -0.494 e. The molecule has 2 aromatic heterocycles. The van der Waals surface area contributed by atoms with Crippen LogP contribution in [0.4, 0.5) is 17.2 Å². The maximum Gasteiger partial charge on any atom is 0.254 e. The molecule has 2 amide bonds. The van der Waals surface area contributed by atoms with Gasteiger partial charge in [-0.05, 0) is 25.0 Å². The fourth-order valence-electron chi connectivity index (χ4n) is 3.41. The highest BCUT2D eigenvalue weighted by atomic mass is 32.2. The third-order valence-electron chi connectivity index (χ3n) is 5.19. The Kier molecular flexibility index (Phi) is 6.34. The molecule has 0 spiro atoms. The molecule has 3 aromatic rings.